The van der Waals surface area contributed by atoms with Gasteiger partial charge in [-0.25, -0.2) is 4.79 Å². The summed E-state index contributed by atoms with van der Waals surface area (Å²) in [7, 11) is -2.49. The fourth-order valence-electron chi connectivity index (χ4n) is 7.99. The first-order chi connectivity index (χ1) is 25.2. The standard InChI is InChI=1S/C37H43N9O5Si/c1-52(2)31-19-24(21-33(45-13-3-14-45)49-17-11-41-43-39)5-9-28(31)37(30-23-26(35(38)47)7-8-27(30)36(48)51-37)29-10-6-25(20-32(29)52)22-34(46-15-4-16-46)50-18-12-42-44-40/h5-10,19-20,23,33-34H,3-4,11-18,21-22H2,1-2H3,(H2,38,47). The molecule has 7 rings (SSSR count). The van der Waals surface area contributed by atoms with Crippen molar-refractivity contribution in [2.24, 2.45) is 16.0 Å². The van der Waals surface area contributed by atoms with E-state index in [9.17, 15) is 9.59 Å². The van der Waals surface area contributed by atoms with E-state index in [1.807, 2.05) is 0 Å². The van der Waals surface area contributed by atoms with Crippen LogP contribution in [0.3, 0.4) is 0 Å². The van der Waals surface area contributed by atoms with Crippen LogP contribution in [0.2, 0.25) is 13.1 Å². The summed E-state index contributed by atoms with van der Waals surface area (Å²) in [5.41, 5.74) is 27.3. The van der Waals surface area contributed by atoms with Crippen LogP contribution in [0.1, 0.15) is 61.4 Å². The average Bonchev–Trinajstić information content (AvgIpc) is 3.38. The molecule has 1 amide bonds. The molecule has 270 valence electrons. The molecule has 0 bridgehead atoms. The maximum absolute atomic E-state index is 13.7. The van der Waals surface area contributed by atoms with Crippen molar-refractivity contribution >= 4 is 30.3 Å². The molecule has 1 spiro atoms. The molecule has 52 heavy (non-hydrogen) atoms. The van der Waals surface area contributed by atoms with E-state index in [0.717, 1.165) is 71.6 Å². The molecule has 14 nitrogen and oxygen atoms in total. The van der Waals surface area contributed by atoms with Gasteiger partial charge in [0.05, 0.1) is 18.8 Å². The number of nitrogens with zero attached hydrogens (tertiary/aromatic N) is 8. The maximum Gasteiger partial charge on any atom is 0.340 e. The highest BCUT2D eigenvalue weighted by Crippen LogP contribution is 2.49. The molecule has 3 aromatic carbocycles. The second kappa shape index (κ2) is 14.7. The first-order valence-electron chi connectivity index (χ1n) is 17.9. The summed E-state index contributed by atoms with van der Waals surface area (Å²) in [5, 5.41) is 9.57. The third kappa shape index (κ3) is 6.45. The summed E-state index contributed by atoms with van der Waals surface area (Å²) < 4.78 is 19.0. The Morgan fingerprint density at radius 1 is 0.846 bits per heavy atom. The molecule has 0 aliphatic carbocycles. The van der Waals surface area contributed by atoms with Crippen LogP contribution in [0, 0.1) is 0 Å². The molecular weight excluding hydrogens is 679 g/mol. The van der Waals surface area contributed by atoms with Crippen LogP contribution < -0.4 is 16.1 Å². The second-order valence-corrected chi connectivity index (χ2v) is 18.7. The zero-order valence-electron chi connectivity index (χ0n) is 29.5. The number of hydrogen-bond donors (Lipinski definition) is 1. The summed E-state index contributed by atoms with van der Waals surface area (Å²) in [6.45, 7) is 9.63. The van der Waals surface area contributed by atoms with Crippen LogP contribution in [-0.4, -0.2) is 94.7 Å². The third-order valence-corrected chi connectivity index (χ3v) is 14.5. The fourth-order valence-corrected chi connectivity index (χ4v) is 11.2. The van der Waals surface area contributed by atoms with E-state index in [1.54, 1.807) is 18.2 Å². The molecule has 3 aromatic rings. The highest BCUT2D eigenvalue weighted by atomic mass is 28.3. The highest BCUT2D eigenvalue weighted by molar-refractivity contribution is 7.01. The minimum Gasteiger partial charge on any atom is -0.441 e. The van der Waals surface area contributed by atoms with E-state index < -0.39 is 25.6 Å². The Morgan fingerprint density at radius 3 is 1.81 bits per heavy atom. The summed E-state index contributed by atoms with van der Waals surface area (Å²) >= 11 is 0. The average molecular weight is 722 g/mol. The minimum atomic E-state index is -2.49. The van der Waals surface area contributed by atoms with Gasteiger partial charge in [-0.05, 0) is 63.6 Å². The number of nitrogens with two attached hydrogens (primary N) is 1. The third-order valence-electron chi connectivity index (χ3n) is 11.0. The van der Waals surface area contributed by atoms with Crippen LogP contribution in [0.5, 0.6) is 0 Å². The Kier molecular flexibility index (Phi) is 10.1. The number of rotatable bonds is 15. The van der Waals surface area contributed by atoms with Gasteiger partial charge in [0.15, 0.2) is 5.60 Å². The first kappa shape index (κ1) is 35.7. The van der Waals surface area contributed by atoms with Gasteiger partial charge in [-0.2, -0.15) is 0 Å². The molecule has 0 saturated carbocycles. The van der Waals surface area contributed by atoms with Crippen molar-refractivity contribution in [2.45, 2.75) is 56.8 Å². The summed E-state index contributed by atoms with van der Waals surface area (Å²) in [6.07, 6.45) is 3.17. The van der Waals surface area contributed by atoms with Crippen LogP contribution in [-0.2, 0) is 32.7 Å². The first-order valence-corrected chi connectivity index (χ1v) is 20.9. The van der Waals surface area contributed by atoms with Crippen LogP contribution in [0.4, 0.5) is 0 Å². The van der Waals surface area contributed by atoms with Gasteiger partial charge in [0, 0.05) is 84.2 Å². The molecule has 2 saturated heterocycles. The van der Waals surface area contributed by atoms with Crippen molar-refractivity contribution in [3.8, 4) is 0 Å². The van der Waals surface area contributed by atoms with E-state index in [4.69, 9.17) is 31.0 Å². The van der Waals surface area contributed by atoms with Crippen LogP contribution in [0.15, 0.2) is 64.8 Å². The fraction of sp³-hybridized carbons (Fsp3) is 0.459. The van der Waals surface area contributed by atoms with Crippen molar-refractivity contribution in [1.82, 2.24) is 9.80 Å². The van der Waals surface area contributed by atoms with E-state index in [0.29, 0.717) is 42.7 Å². The number of amides is 1. The SMILES string of the molecule is C[Si]1(C)c2cc(CC(OCCN=[N+]=[N-])N3CCC3)ccc2C2(OC(=O)c3ccc(C(N)=O)cc32)c2ccc(CC(OCCN=[N+]=[N-])N3CCC3)cc21. The van der Waals surface area contributed by atoms with E-state index >= 15 is 0 Å². The highest BCUT2D eigenvalue weighted by Gasteiger charge is 2.56. The number of primary amides is 1. The number of esters is 1. The predicted molar refractivity (Wildman–Crippen MR) is 197 cm³/mol. The lowest BCUT2D eigenvalue weighted by Gasteiger charge is -2.44. The number of hydrogen-bond acceptors (Lipinski definition) is 9. The molecule has 0 radical (unpaired) electrons. The molecule has 4 aliphatic heterocycles. The molecule has 2 fully saturated rings. The normalized spacial score (nSPS) is 20.9. The topological polar surface area (TPSA) is 192 Å². The molecule has 4 aliphatic rings. The Morgan fingerprint density at radius 2 is 1.37 bits per heavy atom. The number of likely N-dealkylation sites (tertiary alicyclic amines) is 2. The number of azide groups is 2. The molecule has 2 N–H and O–H groups in total. The zero-order valence-corrected chi connectivity index (χ0v) is 30.5. The monoisotopic (exact) mass is 721 g/mol. The molecule has 0 aromatic heterocycles. The zero-order chi connectivity index (χ0) is 36.5. The molecule has 2 atom stereocenters. The predicted octanol–water partition coefficient (Wildman–Crippen LogP) is 4.19. The number of carbonyl (C=O) groups is 2. The Bertz CT molecular complexity index is 1890. The molecule has 4 heterocycles. The van der Waals surface area contributed by atoms with E-state index in [2.05, 4.69) is 79.3 Å². The van der Waals surface area contributed by atoms with Crippen molar-refractivity contribution < 1.29 is 23.8 Å². The lowest BCUT2D eigenvalue weighted by molar-refractivity contribution is -0.0827. The molecular formula is C37H43N9O5Si. The second-order valence-electron chi connectivity index (χ2n) is 14.3. The summed E-state index contributed by atoms with van der Waals surface area (Å²) in [4.78, 5) is 36.5. The van der Waals surface area contributed by atoms with Crippen molar-refractivity contribution in [2.75, 3.05) is 52.5 Å². The summed E-state index contributed by atoms with van der Waals surface area (Å²) in [5.74, 6) is -1.03. The Balaban J connectivity index is 1.32. The van der Waals surface area contributed by atoms with Crippen molar-refractivity contribution in [1.29, 1.82) is 0 Å². The number of fused-ring (bicyclic) bond motifs is 6. The lowest BCUT2D eigenvalue weighted by atomic mass is 9.78. The smallest absolute Gasteiger partial charge is 0.340 e. The largest absolute Gasteiger partial charge is 0.441 e. The quantitative estimate of drug-likeness (QED) is 0.0607. The maximum atomic E-state index is 13.7. The Labute approximate surface area is 303 Å². The molecule has 2 unspecified atom stereocenters. The van der Waals surface area contributed by atoms with E-state index in [1.165, 1.54) is 0 Å². The number of carbonyl (C=O) groups excluding carboxylic acids is 2. The van der Waals surface area contributed by atoms with Gasteiger partial charge in [0.25, 0.3) is 0 Å². The molecule has 15 heteroatoms. The number of ether oxygens (including phenoxy) is 3. The van der Waals surface area contributed by atoms with Gasteiger partial charge in [-0.15, -0.1) is 0 Å². The van der Waals surface area contributed by atoms with Gasteiger partial charge in [0.1, 0.15) is 20.5 Å². The van der Waals surface area contributed by atoms with Gasteiger partial charge >= 0.3 is 5.97 Å². The van der Waals surface area contributed by atoms with Gasteiger partial charge in [-0.1, -0.05) is 59.7 Å². The van der Waals surface area contributed by atoms with Gasteiger partial charge in [0.2, 0.25) is 5.91 Å². The number of benzene rings is 3. The van der Waals surface area contributed by atoms with Gasteiger partial charge in [-0.3, -0.25) is 14.6 Å². The van der Waals surface area contributed by atoms with Crippen molar-refractivity contribution in [3.63, 3.8) is 0 Å². The van der Waals surface area contributed by atoms with Crippen LogP contribution in [0.25, 0.3) is 20.9 Å². The van der Waals surface area contributed by atoms with Crippen molar-refractivity contribution in [3.05, 3.63) is 114 Å². The minimum absolute atomic E-state index is 0.164. The van der Waals surface area contributed by atoms with Crippen LogP contribution >= 0.6 is 0 Å². The van der Waals surface area contributed by atoms with Gasteiger partial charge < -0.3 is 19.9 Å². The Hall–Kier alpha value is -4.72. The van der Waals surface area contributed by atoms with E-state index in [-0.39, 0.29) is 25.5 Å². The lowest BCUT2D eigenvalue weighted by Crippen LogP contribution is -2.63. The summed E-state index contributed by atoms with van der Waals surface area (Å²) in [6, 6.07) is 17.8.